The Morgan fingerprint density at radius 3 is 2.21 bits per heavy atom. The molecular weight excluding hydrogens is 374 g/mol. The highest BCUT2D eigenvalue weighted by Gasteiger charge is 2.18. The summed E-state index contributed by atoms with van der Waals surface area (Å²) in [6.07, 6.45) is 0.923. The highest BCUT2D eigenvalue weighted by molar-refractivity contribution is 7.80. The molecule has 0 aliphatic carbocycles. The maximum absolute atomic E-state index is 12.4. The molecule has 2 aromatic rings. The van der Waals surface area contributed by atoms with Gasteiger partial charge in [0.1, 0.15) is 0 Å². The fourth-order valence-electron chi connectivity index (χ4n) is 2.87. The van der Waals surface area contributed by atoms with Gasteiger partial charge in [-0.05, 0) is 60.6 Å². The zero-order valence-electron chi connectivity index (χ0n) is 15.7. The van der Waals surface area contributed by atoms with Crippen LogP contribution in [0, 0.1) is 0 Å². The molecule has 1 fully saturated rings. The van der Waals surface area contributed by atoms with Gasteiger partial charge in [-0.2, -0.15) is 0 Å². The van der Waals surface area contributed by atoms with Crippen LogP contribution in [0.1, 0.15) is 33.2 Å². The van der Waals surface area contributed by atoms with Gasteiger partial charge in [-0.15, -0.1) is 0 Å². The first-order valence-electron chi connectivity index (χ1n) is 9.25. The minimum absolute atomic E-state index is 0.0127. The van der Waals surface area contributed by atoms with Crippen molar-refractivity contribution in [1.82, 2.24) is 10.2 Å². The van der Waals surface area contributed by atoms with Gasteiger partial charge in [-0.25, -0.2) is 0 Å². The Hall–Kier alpha value is -2.77. The first kappa shape index (κ1) is 20.0. The van der Waals surface area contributed by atoms with Crippen LogP contribution in [0.4, 0.5) is 5.69 Å². The average molecular weight is 398 g/mol. The number of nitrogens with one attached hydrogen (secondary N) is 2. The molecule has 0 aromatic heterocycles. The molecule has 0 saturated carbocycles. The van der Waals surface area contributed by atoms with Gasteiger partial charge in [0, 0.05) is 29.9 Å². The molecule has 2 aromatic carbocycles. The van der Waals surface area contributed by atoms with Crippen molar-refractivity contribution >= 4 is 34.8 Å². The van der Waals surface area contributed by atoms with Gasteiger partial charge < -0.3 is 15.0 Å². The van der Waals surface area contributed by atoms with E-state index in [1.165, 1.54) is 5.56 Å². The van der Waals surface area contributed by atoms with E-state index >= 15 is 0 Å². The Morgan fingerprint density at radius 2 is 1.61 bits per heavy atom. The zero-order valence-corrected chi connectivity index (χ0v) is 16.6. The van der Waals surface area contributed by atoms with Gasteiger partial charge in [0.05, 0.1) is 13.2 Å². The fraction of sp³-hybridized carbons (Fsp3) is 0.286. The number of anilines is 1. The number of rotatable bonds is 4. The van der Waals surface area contributed by atoms with Crippen molar-refractivity contribution in [3.05, 3.63) is 65.2 Å². The average Bonchev–Trinajstić information content (AvgIpc) is 2.74. The van der Waals surface area contributed by atoms with Crippen molar-refractivity contribution in [2.24, 2.45) is 0 Å². The van der Waals surface area contributed by atoms with Gasteiger partial charge in [0.2, 0.25) is 0 Å². The monoisotopic (exact) mass is 397 g/mol. The number of ether oxygens (including phenoxy) is 1. The number of hydrogen-bond acceptors (Lipinski definition) is 4. The molecule has 1 saturated heterocycles. The first-order chi connectivity index (χ1) is 13.6. The van der Waals surface area contributed by atoms with Crippen LogP contribution < -0.4 is 10.6 Å². The van der Waals surface area contributed by atoms with Crippen LogP contribution in [0.25, 0.3) is 0 Å². The summed E-state index contributed by atoms with van der Waals surface area (Å²) in [7, 11) is 0. The molecule has 7 heteroatoms. The minimum Gasteiger partial charge on any atom is -0.378 e. The molecule has 6 nitrogen and oxygen atoms in total. The second kappa shape index (κ2) is 9.43. The molecule has 146 valence electrons. The summed E-state index contributed by atoms with van der Waals surface area (Å²) in [5, 5.41) is 5.83. The van der Waals surface area contributed by atoms with Crippen LogP contribution in [0.3, 0.4) is 0 Å². The molecule has 0 atom stereocenters. The van der Waals surface area contributed by atoms with Crippen molar-refractivity contribution in [2.75, 3.05) is 31.6 Å². The van der Waals surface area contributed by atoms with Gasteiger partial charge >= 0.3 is 0 Å². The normalized spacial score (nSPS) is 13.7. The van der Waals surface area contributed by atoms with Crippen LogP contribution in [0.5, 0.6) is 0 Å². The molecule has 2 N–H and O–H groups in total. The molecule has 1 aliphatic rings. The van der Waals surface area contributed by atoms with Crippen LogP contribution in [0.15, 0.2) is 48.5 Å². The number of thiocarbonyl (C=S) groups is 1. The molecule has 1 aliphatic heterocycles. The zero-order chi connectivity index (χ0) is 19.9. The summed E-state index contributed by atoms with van der Waals surface area (Å²) >= 11 is 5.22. The van der Waals surface area contributed by atoms with Crippen molar-refractivity contribution in [2.45, 2.75) is 13.3 Å². The van der Waals surface area contributed by atoms with E-state index in [-0.39, 0.29) is 16.9 Å². The SMILES string of the molecule is CCc1ccc(C(=O)NC(=S)Nc2ccc(C(=O)N3CCOCC3)cc2)cc1. The van der Waals surface area contributed by atoms with Crippen LogP contribution in [-0.2, 0) is 11.2 Å². The molecule has 0 bridgehead atoms. The van der Waals surface area contributed by atoms with Gasteiger partial charge in [0.25, 0.3) is 11.8 Å². The lowest BCUT2D eigenvalue weighted by atomic mass is 10.1. The Morgan fingerprint density at radius 1 is 1.00 bits per heavy atom. The third-order valence-corrected chi connectivity index (χ3v) is 4.74. The van der Waals surface area contributed by atoms with E-state index in [0.29, 0.717) is 43.1 Å². The molecule has 28 heavy (non-hydrogen) atoms. The Labute approximate surface area is 169 Å². The summed E-state index contributed by atoms with van der Waals surface area (Å²) < 4.78 is 5.27. The Bertz CT molecular complexity index is 844. The number of hydrogen-bond donors (Lipinski definition) is 2. The van der Waals surface area contributed by atoms with Gasteiger partial charge in [0.15, 0.2) is 5.11 Å². The van der Waals surface area contributed by atoms with Crippen molar-refractivity contribution in [3.63, 3.8) is 0 Å². The number of aryl methyl sites for hydroxylation is 1. The fourth-order valence-corrected chi connectivity index (χ4v) is 3.09. The summed E-state index contributed by atoms with van der Waals surface area (Å²) in [4.78, 5) is 26.5. The highest BCUT2D eigenvalue weighted by atomic mass is 32.1. The minimum atomic E-state index is -0.265. The summed E-state index contributed by atoms with van der Waals surface area (Å²) in [6, 6.07) is 14.4. The predicted molar refractivity (Wildman–Crippen MR) is 113 cm³/mol. The molecule has 3 rings (SSSR count). The lowest BCUT2D eigenvalue weighted by molar-refractivity contribution is 0.0303. The topological polar surface area (TPSA) is 70.7 Å². The van der Waals surface area contributed by atoms with Gasteiger partial charge in [-0.1, -0.05) is 19.1 Å². The molecule has 1 heterocycles. The largest absolute Gasteiger partial charge is 0.378 e. The maximum atomic E-state index is 12.4. The quantitative estimate of drug-likeness (QED) is 0.777. The number of nitrogens with zero attached hydrogens (tertiary/aromatic N) is 1. The summed E-state index contributed by atoms with van der Waals surface area (Å²) in [5.41, 5.74) is 3.03. The number of benzene rings is 2. The van der Waals surface area contributed by atoms with Crippen molar-refractivity contribution in [1.29, 1.82) is 0 Å². The van der Waals surface area contributed by atoms with Gasteiger partial charge in [-0.3, -0.25) is 14.9 Å². The molecule has 2 amide bonds. The Balaban J connectivity index is 1.54. The van der Waals surface area contributed by atoms with Crippen molar-refractivity contribution < 1.29 is 14.3 Å². The smallest absolute Gasteiger partial charge is 0.257 e. The summed E-state index contributed by atoms with van der Waals surface area (Å²) in [6.45, 7) is 4.41. The second-order valence-electron chi connectivity index (χ2n) is 6.44. The van der Waals surface area contributed by atoms with E-state index in [1.807, 2.05) is 12.1 Å². The van der Waals surface area contributed by atoms with Crippen molar-refractivity contribution in [3.8, 4) is 0 Å². The number of amides is 2. The number of carbonyl (C=O) groups is 2. The lowest BCUT2D eigenvalue weighted by Crippen LogP contribution is -2.40. The van der Waals surface area contributed by atoms with E-state index in [9.17, 15) is 9.59 Å². The van der Waals surface area contributed by atoms with Crippen LogP contribution >= 0.6 is 12.2 Å². The lowest BCUT2D eigenvalue weighted by Gasteiger charge is -2.26. The third-order valence-electron chi connectivity index (χ3n) is 4.54. The van der Waals surface area contributed by atoms with Crippen LogP contribution in [-0.4, -0.2) is 48.1 Å². The van der Waals surface area contributed by atoms with E-state index in [4.69, 9.17) is 17.0 Å². The standard InChI is InChI=1S/C21H23N3O3S/c1-2-15-3-5-16(6-4-15)19(25)23-21(28)22-18-9-7-17(8-10-18)20(26)24-11-13-27-14-12-24/h3-10H,2,11-14H2,1H3,(H2,22,23,25,28). The first-order valence-corrected chi connectivity index (χ1v) is 9.66. The van der Waals surface area contributed by atoms with Crippen LogP contribution in [0.2, 0.25) is 0 Å². The third kappa shape index (κ3) is 5.15. The molecule has 0 spiro atoms. The molecular formula is C21H23N3O3S. The van der Waals surface area contributed by atoms with E-state index in [2.05, 4.69) is 17.6 Å². The van der Waals surface area contributed by atoms with E-state index < -0.39 is 0 Å². The van der Waals surface area contributed by atoms with E-state index in [0.717, 1.165) is 6.42 Å². The highest BCUT2D eigenvalue weighted by Crippen LogP contribution is 2.13. The maximum Gasteiger partial charge on any atom is 0.257 e. The number of carbonyl (C=O) groups excluding carboxylic acids is 2. The summed E-state index contributed by atoms with van der Waals surface area (Å²) in [5.74, 6) is -0.277. The number of morpholine rings is 1. The van der Waals surface area contributed by atoms with E-state index in [1.54, 1.807) is 41.3 Å². The second-order valence-corrected chi connectivity index (χ2v) is 6.85. The molecule has 0 unspecified atom stereocenters. The molecule has 0 radical (unpaired) electrons. The predicted octanol–water partition coefficient (Wildman–Crippen LogP) is 2.85. The Kier molecular flexibility index (Phi) is 6.73.